The number of nitrogens with one attached hydrogen (secondary N) is 2. The molecule has 1 atom stereocenters. The summed E-state index contributed by atoms with van der Waals surface area (Å²) in [5.41, 5.74) is 1.21. The average molecular weight is 417 g/mol. The Bertz CT molecular complexity index is 1040. The second-order valence-electron chi connectivity index (χ2n) is 6.80. The molecule has 152 valence electrons. The molecule has 4 rings (SSSR count). The van der Waals surface area contributed by atoms with E-state index >= 15 is 0 Å². The summed E-state index contributed by atoms with van der Waals surface area (Å²) in [5.74, 6) is 0.283. The standard InChI is InChI=1S/C19H20N6O3.ClH/c1-12-8-16(13-4-3-7-20-10-13)28-19(27)17(12)18(26)22-14-5-2-6-15(9-14)25-11-21-23-24-25;/h2,5-6,8-9,11,13,20H,3-4,7,10H2,1H3,(H,22,26);1H. The Morgan fingerprint density at radius 3 is 2.90 bits per heavy atom. The van der Waals surface area contributed by atoms with E-state index in [4.69, 9.17) is 4.42 Å². The largest absolute Gasteiger partial charge is 0.427 e. The smallest absolute Gasteiger partial charge is 0.349 e. The minimum Gasteiger partial charge on any atom is -0.427 e. The van der Waals surface area contributed by atoms with Gasteiger partial charge in [-0.15, -0.1) is 17.5 Å². The van der Waals surface area contributed by atoms with Gasteiger partial charge in [-0.1, -0.05) is 6.07 Å². The van der Waals surface area contributed by atoms with Crippen molar-refractivity contribution in [1.82, 2.24) is 25.5 Å². The molecule has 1 saturated heterocycles. The van der Waals surface area contributed by atoms with E-state index in [0.717, 1.165) is 25.9 Å². The molecular formula is C19H21ClN6O3. The number of hydrogen-bond acceptors (Lipinski definition) is 7. The van der Waals surface area contributed by atoms with Gasteiger partial charge in [-0.25, -0.2) is 9.48 Å². The van der Waals surface area contributed by atoms with Crippen LogP contribution in [0.1, 0.15) is 40.4 Å². The lowest BCUT2D eigenvalue weighted by Gasteiger charge is -2.22. The van der Waals surface area contributed by atoms with Gasteiger partial charge in [0.05, 0.1) is 5.69 Å². The second-order valence-corrected chi connectivity index (χ2v) is 6.80. The van der Waals surface area contributed by atoms with Crippen LogP contribution in [-0.4, -0.2) is 39.2 Å². The van der Waals surface area contributed by atoms with Crippen LogP contribution < -0.4 is 16.3 Å². The van der Waals surface area contributed by atoms with Crippen molar-refractivity contribution in [2.24, 2.45) is 0 Å². The zero-order valence-electron chi connectivity index (χ0n) is 15.8. The van der Waals surface area contributed by atoms with Gasteiger partial charge in [-0.3, -0.25) is 4.79 Å². The van der Waals surface area contributed by atoms with E-state index in [0.29, 0.717) is 22.7 Å². The van der Waals surface area contributed by atoms with E-state index in [1.165, 1.54) is 11.0 Å². The third kappa shape index (κ3) is 4.52. The van der Waals surface area contributed by atoms with E-state index in [1.807, 2.05) is 0 Å². The van der Waals surface area contributed by atoms with Crippen molar-refractivity contribution in [3.63, 3.8) is 0 Å². The molecule has 1 aliphatic heterocycles. The first-order valence-corrected chi connectivity index (χ1v) is 9.12. The van der Waals surface area contributed by atoms with Crippen molar-refractivity contribution in [2.75, 3.05) is 18.4 Å². The number of amides is 1. The highest BCUT2D eigenvalue weighted by Gasteiger charge is 2.22. The number of rotatable bonds is 4. The summed E-state index contributed by atoms with van der Waals surface area (Å²) < 4.78 is 6.96. The molecule has 1 unspecified atom stereocenters. The van der Waals surface area contributed by atoms with Crippen LogP contribution in [0.5, 0.6) is 0 Å². The molecule has 9 nitrogen and oxygen atoms in total. The van der Waals surface area contributed by atoms with Crippen molar-refractivity contribution in [3.8, 4) is 5.69 Å². The third-order valence-corrected chi connectivity index (χ3v) is 4.81. The van der Waals surface area contributed by atoms with E-state index in [2.05, 4.69) is 26.2 Å². The van der Waals surface area contributed by atoms with Gasteiger partial charge in [0.25, 0.3) is 5.91 Å². The Balaban J connectivity index is 0.00000240. The minimum atomic E-state index is -0.616. The maximum atomic E-state index is 12.7. The predicted molar refractivity (Wildman–Crippen MR) is 109 cm³/mol. The number of nitrogens with zero attached hydrogens (tertiary/aromatic N) is 4. The van der Waals surface area contributed by atoms with Gasteiger partial charge in [0.15, 0.2) is 0 Å². The van der Waals surface area contributed by atoms with Crippen molar-refractivity contribution in [3.05, 3.63) is 64.0 Å². The van der Waals surface area contributed by atoms with E-state index < -0.39 is 11.5 Å². The summed E-state index contributed by atoms with van der Waals surface area (Å²) in [6, 6.07) is 8.81. The van der Waals surface area contributed by atoms with E-state index in [-0.39, 0.29) is 23.9 Å². The van der Waals surface area contributed by atoms with Crippen LogP contribution in [0.3, 0.4) is 0 Å². The zero-order valence-corrected chi connectivity index (χ0v) is 16.6. The SMILES string of the molecule is Cc1cc(C2CCCNC2)oc(=O)c1C(=O)Nc1cccc(-n2cnnn2)c1.Cl. The molecule has 2 N–H and O–H groups in total. The number of aryl methyl sites for hydroxylation is 1. The molecule has 3 aromatic rings. The summed E-state index contributed by atoms with van der Waals surface area (Å²) in [5, 5.41) is 17.1. The lowest BCUT2D eigenvalue weighted by Crippen LogP contribution is -2.30. The number of benzene rings is 1. The summed E-state index contributed by atoms with van der Waals surface area (Å²) in [4.78, 5) is 25.2. The van der Waals surface area contributed by atoms with E-state index in [9.17, 15) is 9.59 Å². The van der Waals surface area contributed by atoms with E-state index in [1.54, 1.807) is 37.3 Å². The molecule has 29 heavy (non-hydrogen) atoms. The lowest BCUT2D eigenvalue weighted by molar-refractivity contribution is 0.102. The van der Waals surface area contributed by atoms with Crippen LogP contribution in [0.15, 0.2) is 45.9 Å². The van der Waals surface area contributed by atoms with Crippen molar-refractivity contribution in [1.29, 1.82) is 0 Å². The summed E-state index contributed by atoms with van der Waals surface area (Å²) in [6.07, 6.45) is 3.46. The van der Waals surface area contributed by atoms with Gasteiger partial charge in [-0.05, 0) is 66.6 Å². The fourth-order valence-electron chi connectivity index (χ4n) is 3.40. The van der Waals surface area contributed by atoms with Crippen LogP contribution in [0.4, 0.5) is 5.69 Å². The van der Waals surface area contributed by atoms with Gasteiger partial charge in [0.1, 0.15) is 17.7 Å². The molecule has 1 aliphatic rings. The number of hydrogen-bond donors (Lipinski definition) is 2. The Hall–Kier alpha value is -3.04. The lowest BCUT2D eigenvalue weighted by atomic mass is 9.95. The molecule has 0 aliphatic carbocycles. The maximum absolute atomic E-state index is 12.7. The molecule has 0 bridgehead atoms. The van der Waals surface area contributed by atoms with Gasteiger partial charge >= 0.3 is 5.63 Å². The monoisotopic (exact) mass is 416 g/mol. The topological polar surface area (TPSA) is 115 Å². The third-order valence-electron chi connectivity index (χ3n) is 4.81. The van der Waals surface area contributed by atoms with Crippen molar-refractivity contribution in [2.45, 2.75) is 25.7 Å². The summed E-state index contributed by atoms with van der Waals surface area (Å²) in [7, 11) is 0. The second kappa shape index (κ2) is 8.97. The van der Waals surface area contributed by atoms with Gasteiger partial charge in [-0.2, -0.15) is 0 Å². The first-order valence-electron chi connectivity index (χ1n) is 9.12. The zero-order chi connectivity index (χ0) is 19.5. The molecule has 0 spiro atoms. The van der Waals surface area contributed by atoms with Crippen LogP contribution in [-0.2, 0) is 0 Å². The molecule has 10 heteroatoms. The highest BCUT2D eigenvalue weighted by Crippen LogP contribution is 2.24. The highest BCUT2D eigenvalue weighted by atomic mass is 35.5. The quantitative estimate of drug-likeness (QED) is 0.668. The van der Waals surface area contributed by atoms with Crippen LogP contribution in [0.25, 0.3) is 5.69 Å². The molecule has 2 aromatic heterocycles. The highest BCUT2D eigenvalue weighted by molar-refractivity contribution is 6.05. The van der Waals surface area contributed by atoms with Crippen molar-refractivity contribution >= 4 is 24.0 Å². The molecule has 1 amide bonds. The fourth-order valence-corrected chi connectivity index (χ4v) is 3.40. The normalized spacial score (nSPS) is 16.1. The number of carbonyl (C=O) groups excluding carboxylic acids is 1. The Labute approximate surface area is 172 Å². The van der Waals surface area contributed by atoms with Crippen LogP contribution in [0.2, 0.25) is 0 Å². The number of halogens is 1. The Kier molecular flexibility index (Phi) is 6.40. The number of piperidine rings is 1. The Morgan fingerprint density at radius 2 is 2.21 bits per heavy atom. The van der Waals surface area contributed by atoms with Gasteiger partial charge in [0, 0.05) is 18.2 Å². The van der Waals surface area contributed by atoms with Crippen LogP contribution in [0, 0.1) is 6.92 Å². The number of carbonyl (C=O) groups is 1. The number of anilines is 1. The Morgan fingerprint density at radius 1 is 1.34 bits per heavy atom. The van der Waals surface area contributed by atoms with Crippen molar-refractivity contribution < 1.29 is 9.21 Å². The number of aromatic nitrogens is 4. The molecule has 1 fully saturated rings. The summed E-state index contributed by atoms with van der Waals surface area (Å²) >= 11 is 0. The van der Waals surface area contributed by atoms with Gasteiger partial charge < -0.3 is 15.1 Å². The molecule has 0 saturated carbocycles. The first-order chi connectivity index (χ1) is 13.6. The predicted octanol–water partition coefficient (Wildman–Crippen LogP) is 2.07. The first kappa shape index (κ1) is 20.7. The molecule has 0 radical (unpaired) electrons. The molecular weight excluding hydrogens is 396 g/mol. The average Bonchev–Trinajstić information content (AvgIpc) is 3.23. The maximum Gasteiger partial charge on any atom is 0.349 e. The van der Waals surface area contributed by atoms with Gasteiger partial charge in [0.2, 0.25) is 0 Å². The number of tetrazole rings is 1. The molecule has 3 heterocycles. The fraction of sp³-hybridized carbons (Fsp3) is 0.316. The van der Waals surface area contributed by atoms with Crippen LogP contribution >= 0.6 is 12.4 Å². The summed E-state index contributed by atoms with van der Waals surface area (Å²) in [6.45, 7) is 3.50. The minimum absolute atomic E-state index is 0. The molecule has 1 aromatic carbocycles.